The topological polar surface area (TPSA) is 37.8 Å². The molecule has 3 nitrogen and oxygen atoms in total. The van der Waals surface area contributed by atoms with Gasteiger partial charge < -0.3 is 5.32 Å². The van der Waals surface area contributed by atoms with Gasteiger partial charge in [-0.15, -0.1) is 0 Å². The van der Waals surface area contributed by atoms with Gasteiger partial charge in [-0.05, 0) is 31.5 Å². The standard InChI is InChI=1S/C16H18BrN3/c17-14-7-2-1-6-13(14)15-8-10-19-16(20-15)11-12-5-3-4-9-18-12/h1-2,6-8,10,12,18H,3-5,9,11H2. The van der Waals surface area contributed by atoms with Crippen LogP contribution in [0.5, 0.6) is 0 Å². The molecular formula is C16H18BrN3. The van der Waals surface area contributed by atoms with Crippen LogP contribution < -0.4 is 5.32 Å². The van der Waals surface area contributed by atoms with E-state index in [4.69, 9.17) is 4.98 Å². The Morgan fingerprint density at radius 2 is 2.10 bits per heavy atom. The van der Waals surface area contributed by atoms with Gasteiger partial charge in [-0.3, -0.25) is 0 Å². The van der Waals surface area contributed by atoms with Gasteiger partial charge in [0.15, 0.2) is 0 Å². The van der Waals surface area contributed by atoms with Gasteiger partial charge in [0.2, 0.25) is 0 Å². The minimum atomic E-state index is 0.526. The predicted octanol–water partition coefficient (Wildman–Crippen LogP) is 3.59. The Labute approximate surface area is 128 Å². The molecule has 2 aromatic rings. The molecule has 1 fully saturated rings. The van der Waals surface area contributed by atoms with E-state index in [0.29, 0.717) is 6.04 Å². The van der Waals surface area contributed by atoms with E-state index < -0.39 is 0 Å². The smallest absolute Gasteiger partial charge is 0.130 e. The monoisotopic (exact) mass is 331 g/mol. The lowest BCUT2D eigenvalue weighted by Gasteiger charge is -2.22. The lowest BCUT2D eigenvalue weighted by atomic mass is 10.0. The Bertz CT molecular complexity index is 579. The molecule has 1 unspecified atom stereocenters. The van der Waals surface area contributed by atoms with Crippen LogP contribution in [-0.4, -0.2) is 22.6 Å². The van der Waals surface area contributed by atoms with E-state index in [2.05, 4.69) is 32.3 Å². The maximum Gasteiger partial charge on any atom is 0.130 e. The highest BCUT2D eigenvalue weighted by molar-refractivity contribution is 9.10. The van der Waals surface area contributed by atoms with Gasteiger partial charge in [-0.2, -0.15) is 0 Å². The van der Waals surface area contributed by atoms with Gasteiger partial charge in [0.05, 0.1) is 5.69 Å². The van der Waals surface area contributed by atoms with E-state index in [1.165, 1.54) is 19.3 Å². The van der Waals surface area contributed by atoms with Crippen molar-refractivity contribution in [2.45, 2.75) is 31.7 Å². The van der Waals surface area contributed by atoms with Gasteiger partial charge >= 0.3 is 0 Å². The first kappa shape index (κ1) is 13.7. The molecule has 1 N–H and O–H groups in total. The van der Waals surface area contributed by atoms with E-state index in [9.17, 15) is 0 Å². The third-order valence-electron chi connectivity index (χ3n) is 3.70. The zero-order valence-corrected chi connectivity index (χ0v) is 12.9. The number of halogens is 1. The van der Waals surface area contributed by atoms with Crippen molar-refractivity contribution in [3.05, 3.63) is 46.8 Å². The molecule has 1 aromatic carbocycles. The second-order valence-electron chi connectivity index (χ2n) is 5.19. The zero-order valence-electron chi connectivity index (χ0n) is 11.3. The van der Waals surface area contributed by atoms with Gasteiger partial charge in [-0.25, -0.2) is 9.97 Å². The number of hydrogen-bond acceptors (Lipinski definition) is 3. The summed E-state index contributed by atoms with van der Waals surface area (Å²) in [4.78, 5) is 9.14. The third-order valence-corrected chi connectivity index (χ3v) is 4.39. The molecule has 1 aliphatic rings. The number of nitrogens with zero attached hydrogens (tertiary/aromatic N) is 2. The van der Waals surface area contributed by atoms with E-state index in [1.807, 2.05) is 30.5 Å². The number of rotatable bonds is 3. The Morgan fingerprint density at radius 3 is 2.90 bits per heavy atom. The molecule has 0 radical (unpaired) electrons. The van der Waals surface area contributed by atoms with Gasteiger partial charge in [0, 0.05) is 28.7 Å². The molecule has 0 spiro atoms. The molecule has 0 bridgehead atoms. The number of nitrogens with one attached hydrogen (secondary N) is 1. The van der Waals surface area contributed by atoms with E-state index in [-0.39, 0.29) is 0 Å². The molecule has 1 aliphatic heterocycles. The first-order valence-electron chi connectivity index (χ1n) is 7.13. The Kier molecular flexibility index (Phi) is 4.43. The van der Waals surface area contributed by atoms with Crippen molar-refractivity contribution in [3.63, 3.8) is 0 Å². The predicted molar refractivity (Wildman–Crippen MR) is 84.5 cm³/mol. The number of piperidine rings is 1. The fourth-order valence-corrected chi connectivity index (χ4v) is 3.12. The van der Waals surface area contributed by atoms with Crippen molar-refractivity contribution < 1.29 is 0 Å². The van der Waals surface area contributed by atoms with Crippen LogP contribution in [0.3, 0.4) is 0 Å². The lowest BCUT2D eigenvalue weighted by molar-refractivity contribution is 0.394. The molecule has 0 saturated carbocycles. The Balaban J connectivity index is 1.80. The van der Waals surface area contributed by atoms with Crippen molar-refractivity contribution in [1.82, 2.24) is 15.3 Å². The highest BCUT2D eigenvalue weighted by Gasteiger charge is 2.15. The maximum atomic E-state index is 4.72. The van der Waals surface area contributed by atoms with Gasteiger partial charge in [-0.1, -0.05) is 40.5 Å². The summed E-state index contributed by atoms with van der Waals surface area (Å²) < 4.78 is 1.07. The van der Waals surface area contributed by atoms with Crippen molar-refractivity contribution in [1.29, 1.82) is 0 Å². The summed E-state index contributed by atoms with van der Waals surface area (Å²) in [5.41, 5.74) is 2.10. The largest absolute Gasteiger partial charge is 0.314 e. The number of aromatic nitrogens is 2. The highest BCUT2D eigenvalue weighted by atomic mass is 79.9. The summed E-state index contributed by atoms with van der Waals surface area (Å²) in [6.07, 6.45) is 6.59. The fourth-order valence-electron chi connectivity index (χ4n) is 2.63. The van der Waals surface area contributed by atoms with Crippen LogP contribution in [0.25, 0.3) is 11.3 Å². The van der Waals surface area contributed by atoms with Crippen LogP contribution in [0.2, 0.25) is 0 Å². The summed E-state index contributed by atoms with van der Waals surface area (Å²) in [7, 11) is 0. The minimum absolute atomic E-state index is 0.526. The zero-order chi connectivity index (χ0) is 13.8. The van der Waals surface area contributed by atoms with Crippen molar-refractivity contribution >= 4 is 15.9 Å². The maximum absolute atomic E-state index is 4.72. The summed E-state index contributed by atoms with van der Waals surface area (Å²) >= 11 is 3.58. The summed E-state index contributed by atoms with van der Waals surface area (Å²) in [6.45, 7) is 1.12. The van der Waals surface area contributed by atoms with Crippen LogP contribution in [0.1, 0.15) is 25.1 Å². The highest BCUT2D eigenvalue weighted by Crippen LogP contribution is 2.26. The van der Waals surface area contributed by atoms with Crippen molar-refractivity contribution in [2.24, 2.45) is 0 Å². The molecule has 1 saturated heterocycles. The second kappa shape index (κ2) is 6.46. The fraction of sp³-hybridized carbons (Fsp3) is 0.375. The molecule has 1 aromatic heterocycles. The van der Waals surface area contributed by atoms with Crippen LogP contribution >= 0.6 is 15.9 Å². The Hall–Kier alpha value is -1.26. The summed E-state index contributed by atoms with van der Waals surface area (Å²) in [5, 5.41) is 3.55. The van der Waals surface area contributed by atoms with Crippen LogP contribution in [0, 0.1) is 0 Å². The molecule has 3 rings (SSSR count). The second-order valence-corrected chi connectivity index (χ2v) is 6.04. The molecular weight excluding hydrogens is 314 g/mol. The van der Waals surface area contributed by atoms with Gasteiger partial charge in [0.25, 0.3) is 0 Å². The van der Waals surface area contributed by atoms with E-state index >= 15 is 0 Å². The van der Waals surface area contributed by atoms with Gasteiger partial charge in [0.1, 0.15) is 5.82 Å². The van der Waals surface area contributed by atoms with Crippen LogP contribution in [0.15, 0.2) is 41.0 Å². The molecule has 20 heavy (non-hydrogen) atoms. The summed E-state index contributed by atoms with van der Waals surface area (Å²) in [6, 6.07) is 10.7. The molecule has 104 valence electrons. The van der Waals surface area contributed by atoms with E-state index in [1.54, 1.807) is 0 Å². The first-order valence-corrected chi connectivity index (χ1v) is 7.92. The molecule has 0 aliphatic carbocycles. The van der Waals surface area contributed by atoms with Crippen LogP contribution in [0.4, 0.5) is 0 Å². The lowest BCUT2D eigenvalue weighted by Crippen LogP contribution is -2.36. The SMILES string of the molecule is Brc1ccccc1-c1ccnc(CC2CCCCN2)n1. The molecule has 0 amide bonds. The average molecular weight is 332 g/mol. The summed E-state index contributed by atoms with van der Waals surface area (Å²) in [5.74, 6) is 0.928. The molecule has 1 atom stereocenters. The van der Waals surface area contributed by atoms with Crippen molar-refractivity contribution in [3.8, 4) is 11.3 Å². The number of benzene rings is 1. The molecule has 2 heterocycles. The minimum Gasteiger partial charge on any atom is -0.314 e. The first-order chi connectivity index (χ1) is 9.83. The molecule has 4 heteroatoms. The van der Waals surface area contributed by atoms with Crippen molar-refractivity contribution in [2.75, 3.05) is 6.54 Å². The average Bonchev–Trinajstić information content (AvgIpc) is 2.49. The number of hydrogen-bond donors (Lipinski definition) is 1. The Morgan fingerprint density at radius 1 is 1.20 bits per heavy atom. The normalized spacial score (nSPS) is 18.9. The van der Waals surface area contributed by atoms with E-state index in [0.717, 1.165) is 34.5 Å². The van der Waals surface area contributed by atoms with Crippen LogP contribution in [-0.2, 0) is 6.42 Å². The third kappa shape index (κ3) is 3.25. The quantitative estimate of drug-likeness (QED) is 0.933.